The van der Waals surface area contributed by atoms with Crippen LogP contribution >= 0.6 is 23.2 Å². The van der Waals surface area contributed by atoms with Gasteiger partial charge in [-0.15, -0.1) is 0 Å². The summed E-state index contributed by atoms with van der Waals surface area (Å²) >= 11 is 12.5. The van der Waals surface area contributed by atoms with Crippen LogP contribution < -0.4 is 5.32 Å². The van der Waals surface area contributed by atoms with E-state index >= 15 is 0 Å². The minimum atomic E-state index is -0.512. The van der Waals surface area contributed by atoms with Crippen LogP contribution in [0, 0.1) is 0 Å². The number of rotatable bonds is 3. The molecule has 8 heteroatoms. The number of aromatic nitrogens is 2. The van der Waals surface area contributed by atoms with Crippen LogP contribution in [-0.2, 0) is 11.2 Å². The molecule has 1 saturated heterocycles. The fourth-order valence-corrected chi connectivity index (χ4v) is 5.31. The minimum Gasteiger partial charge on any atom is -0.444 e. The molecule has 0 bridgehead atoms. The van der Waals surface area contributed by atoms with E-state index in [2.05, 4.69) is 28.5 Å². The number of nitrogens with zero attached hydrogens (tertiary/aromatic N) is 3. The Morgan fingerprint density at radius 2 is 1.94 bits per heavy atom. The largest absolute Gasteiger partial charge is 0.444 e. The van der Waals surface area contributed by atoms with Crippen molar-refractivity contribution in [2.45, 2.75) is 57.6 Å². The molecule has 1 fully saturated rings. The quantitative estimate of drug-likeness (QED) is 0.401. The maximum atomic E-state index is 12.6. The summed E-state index contributed by atoms with van der Waals surface area (Å²) < 4.78 is 5.56. The molecular weight excluding hydrogens is 495 g/mol. The highest BCUT2D eigenvalue weighted by molar-refractivity contribution is 6.42. The third-order valence-corrected chi connectivity index (χ3v) is 7.37. The first-order valence-corrected chi connectivity index (χ1v) is 13.1. The Balaban J connectivity index is 1.37. The number of piperidine rings is 1. The van der Waals surface area contributed by atoms with Crippen molar-refractivity contribution < 1.29 is 9.53 Å². The Morgan fingerprint density at radius 3 is 2.72 bits per heavy atom. The lowest BCUT2D eigenvalue weighted by molar-refractivity contribution is 0.0206. The highest BCUT2D eigenvalue weighted by Crippen LogP contribution is 2.42. The second-order valence-corrected chi connectivity index (χ2v) is 11.3. The van der Waals surface area contributed by atoms with Gasteiger partial charge >= 0.3 is 6.09 Å². The second-order valence-electron chi connectivity index (χ2n) is 10.5. The molecule has 1 aliphatic heterocycles. The summed E-state index contributed by atoms with van der Waals surface area (Å²) in [6, 6.07) is 14.3. The first-order valence-electron chi connectivity index (χ1n) is 12.3. The van der Waals surface area contributed by atoms with Gasteiger partial charge in [0, 0.05) is 36.8 Å². The number of hydrogen-bond donors (Lipinski definition) is 1. The predicted octanol–water partition coefficient (Wildman–Crippen LogP) is 6.95. The molecule has 188 valence electrons. The number of benzene rings is 2. The van der Waals surface area contributed by atoms with Gasteiger partial charge < -0.3 is 15.0 Å². The first-order chi connectivity index (χ1) is 17.2. The number of ether oxygens (including phenoxy) is 1. The van der Waals surface area contributed by atoms with Crippen LogP contribution in [0.5, 0.6) is 0 Å². The van der Waals surface area contributed by atoms with E-state index in [1.165, 1.54) is 5.56 Å². The number of amides is 1. The van der Waals surface area contributed by atoms with Gasteiger partial charge in [0.05, 0.1) is 15.7 Å². The van der Waals surface area contributed by atoms with Gasteiger partial charge in [-0.1, -0.05) is 53.5 Å². The molecule has 0 spiro atoms. The van der Waals surface area contributed by atoms with Gasteiger partial charge in [-0.25, -0.2) is 14.8 Å². The summed E-state index contributed by atoms with van der Waals surface area (Å²) in [5, 5.41) is 4.57. The van der Waals surface area contributed by atoms with Crippen LogP contribution in [0.25, 0.3) is 11.3 Å². The Morgan fingerprint density at radius 1 is 1.14 bits per heavy atom. The molecule has 6 nitrogen and oxygen atoms in total. The van der Waals surface area contributed by atoms with E-state index in [0.29, 0.717) is 29.1 Å². The first kappa shape index (κ1) is 24.8. The number of anilines is 1. The van der Waals surface area contributed by atoms with Crippen molar-refractivity contribution in [1.82, 2.24) is 14.9 Å². The zero-order valence-electron chi connectivity index (χ0n) is 20.7. The third kappa shape index (κ3) is 5.30. The van der Waals surface area contributed by atoms with E-state index in [1.54, 1.807) is 4.90 Å². The number of nitrogens with one attached hydrogen (secondary N) is 1. The summed E-state index contributed by atoms with van der Waals surface area (Å²) in [6.45, 7) is 6.91. The molecule has 36 heavy (non-hydrogen) atoms. The van der Waals surface area contributed by atoms with Gasteiger partial charge in [-0.2, -0.15) is 0 Å². The molecule has 2 atom stereocenters. The molecule has 3 aromatic rings. The number of carbonyl (C=O) groups excluding carboxylic acids is 1. The Hall–Kier alpha value is -2.83. The van der Waals surface area contributed by atoms with Crippen molar-refractivity contribution in [2.24, 2.45) is 0 Å². The van der Waals surface area contributed by atoms with Gasteiger partial charge in [0.25, 0.3) is 0 Å². The van der Waals surface area contributed by atoms with Crippen LogP contribution in [-0.4, -0.2) is 45.7 Å². The summed E-state index contributed by atoms with van der Waals surface area (Å²) in [6.07, 6.45) is 4.26. The number of likely N-dealkylation sites (tertiary alicyclic amines) is 1. The van der Waals surface area contributed by atoms with Gasteiger partial charge in [0.2, 0.25) is 5.95 Å². The molecule has 2 aliphatic rings. The van der Waals surface area contributed by atoms with Gasteiger partial charge in [0.1, 0.15) is 5.60 Å². The van der Waals surface area contributed by atoms with Crippen LogP contribution in [0.2, 0.25) is 10.0 Å². The SMILES string of the molecule is CC(C)(C)OC(=O)N1CCCC(Nc2ncc3c(n2)-c2ccccc2[C@@H](c2ccc(Cl)c(Cl)c2)C3)C1. The van der Waals surface area contributed by atoms with Crippen molar-refractivity contribution in [2.75, 3.05) is 18.4 Å². The fourth-order valence-electron chi connectivity index (χ4n) is 5.00. The zero-order chi connectivity index (χ0) is 25.4. The van der Waals surface area contributed by atoms with Gasteiger partial charge in [0.15, 0.2) is 0 Å². The minimum absolute atomic E-state index is 0.0621. The molecule has 1 aromatic heterocycles. The summed E-state index contributed by atoms with van der Waals surface area (Å²) in [7, 11) is 0. The lowest BCUT2D eigenvalue weighted by atomic mass is 9.78. The normalized spacial score (nSPS) is 19.3. The molecule has 5 rings (SSSR count). The maximum Gasteiger partial charge on any atom is 0.410 e. The fraction of sp³-hybridized carbons (Fsp3) is 0.393. The number of carbonyl (C=O) groups is 1. The average molecular weight is 525 g/mol. The molecular formula is C28H30Cl2N4O2. The highest BCUT2D eigenvalue weighted by Gasteiger charge is 2.30. The molecule has 1 N–H and O–H groups in total. The van der Waals surface area contributed by atoms with Crippen LogP contribution in [0.15, 0.2) is 48.7 Å². The molecule has 0 radical (unpaired) electrons. The second kappa shape index (κ2) is 9.91. The Bertz CT molecular complexity index is 1290. The topological polar surface area (TPSA) is 67.3 Å². The van der Waals surface area contributed by atoms with Crippen molar-refractivity contribution in [3.05, 3.63) is 75.4 Å². The molecule has 1 amide bonds. The monoisotopic (exact) mass is 524 g/mol. The molecule has 0 saturated carbocycles. The van der Waals surface area contributed by atoms with E-state index in [1.807, 2.05) is 51.2 Å². The van der Waals surface area contributed by atoms with E-state index in [0.717, 1.165) is 41.6 Å². The van der Waals surface area contributed by atoms with E-state index in [4.69, 9.17) is 32.9 Å². The van der Waals surface area contributed by atoms with Crippen molar-refractivity contribution >= 4 is 35.2 Å². The van der Waals surface area contributed by atoms with Gasteiger partial charge in [-0.3, -0.25) is 0 Å². The highest BCUT2D eigenvalue weighted by atomic mass is 35.5. The van der Waals surface area contributed by atoms with E-state index in [9.17, 15) is 4.79 Å². The molecule has 2 heterocycles. The number of hydrogen-bond acceptors (Lipinski definition) is 5. The Labute approximate surface area is 222 Å². The number of halogens is 2. The molecule has 2 aromatic carbocycles. The molecule has 1 unspecified atom stereocenters. The smallest absolute Gasteiger partial charge is 0.410 e. The number of fused-ring (bicyclic) bond motifs is 3. The van der Waals surface area contributed by atoms with Crippen LogP contribution in [0.4, 0.5) is 10.7 Å². The van der Waals surface area contributed by atoms with Crippen molar-refractivity contribution in [3.8, 4) is 11.3 Å². The maximum absolute atomic E-state index is 12.6. The van der Waals surface area contributed by atoms with E-state index in [-0.39, 0.29) is 18.1 Å². The zero-order valence-corrected chi connectivity index (χ0v) is 22.2. The summed E-state index contributed by atoms with van der Waals surface area (Å²) in [5.74, 6) is 0.721. The lowest BCUT2D eigenvalue weighted by Crippen LogP contribution is -2.47. The predicted molar refractivity (Wildman–Crippen MR) is 144 cm³/mol. The average Bonchev–Trinajstić information content (AvgIpc) is 2.84. The Kier molecular flexibility index (Phi) is 6.84. The third-order valence-electron chi connectivity index (χ3n) is 6.63. The van der Waals surface area contributed by atoms with Gasteiger partial charge in [-0.05, 0) is 68.9 Å². The molecule has 1 aliphatic carbocycles. The lowest BCUT2D eigenvalue weighted by Gasteiger charge is -2.34. The van der Waals surface area contributed by atoms with E-state index < -0.39 is 5.60 Å². The van der Waals surface area contributed by atoms with Crippen molar-refractivity contribution in [3.63, 3.8) is 0 Å². The summed E-state index contributed by atoms with van der Waals surface area (Å²) in [4.78, 5) is 23.9. The van der Waals surface area contributed by atoms with Crippen LogP contribution in [0.1, 0.15) is 56.2 Å². The summed E-state index contributed by atoms with van der Waals surface area (Å²) in [5.41, 5.74) is 4.95. The van der Waals surface area contributed by atoms with Crippen molar-refractivity contribution in [1.29, 1.82) is 0 Å². The standard InChI is InChI=1S/C28H30Cl2N4O2/c1-28(2,3)36-27(35)34-12-6-7-19(16-34)32-26-31-15-18-13-22(17-10-11-23(29)24(30)14-17)20-8-4-5-9-21(20)25(18)33-26/h4-5,8-11,14-15,19,22H,6-7,12-13,16H2,1-3H3,(H,31,32,33)/t19?,22-/m1/s1. The van der Waals surface area contributed by atoms with Crippen LogP contribution in [0.3, 0.4) is 0 Å².